The molecule has 1 aromatic heterocycles. The third-order valence-corrected chi connectivity index (χ3v) is 11.9. The molecule has 0 atom stereocenters. The van der Waals surface area contributed by atoms with Gasteiger partial charge in [-0.25, -0.2) is 9.97 Å². The van der Waals surface area contributed by atoms with Gasteiger partial charge in [-0.3, -0.25) is 0 Å². The molecule has 0 bridgehead atoms. The smallest absolute Gasteiger partial charge is 0.160 e. The lowest BCUT2D eigenvalue weighted by Crippen LogP contribution is -2.15. The maximum absolute atomic E-state index is 5.36. The van der Waals surface area contributed by atoms with Gasteiger partial charge in [-0.1, -0.05) is 153 Å². The molecule has 0 N–H and O–H groups in total. The first-order chi connectivity index (χ1) is 26.5. The Balaban J connectivity index is 1.08. The van der Waals surface area contributed by atoms with Crippen LogP contribution in [-0.2, 0) is 11.8 Å². The van der Waals surface area contributed by atoms with Crippen LogP contribution in [0.2, 0.25) is 0 Å². The van der Waals surface area contributed by atoms with Crippen LogP contribution < -0.4 is 0 Å². The summed E-state index contributed by atoms with van der Waals surface area (Å²) in [6.07, 6.45) is 0.954. The van der Waals surface area contributed by atoms with Crippen molar-refractivity contribution < 1.29 is 0 Å². The molecule has 0 saturated heterocycles. The van der Waals surface area contributed by atoms with Crippen LogP contribution in [0.1, 0.15) is 36.1 Å². The van der Waals surface area contributed by atoms with E-state index < -0.39 is 0 Å². The molecule has 2 aliphatic carbocycles. The first-order valence-corrected chi connectivity index (χ1v) is 18.9. The summed E-state index contributed by atoms with van der Waals surface area (Å²) in [5.74, 6) is 0.733. The fourth-order valence-corrected chi connectivity index (χ4v) is 9.16. The Morgan fingerprint density at radius 2 is 1.07 bits per heavy atom. The van der Waals surface area contributed by atoms with Crippen LogP contribution in [0.4, 0.5) is 0 Å². The second-order valence-corrected chi connectivity index (χ2v) is 15.4. The zero-order valence-corrected chi connectivity index (χ0v) is 30.3. The SMILES string of the molecule is CC1(C)c2ccccc2-c2ccc(-c3nc(-c4cccc(-c5cc6c(c7ccccc57)-c5ccccc5C6)c4)cc(-c4ccc5ccccc5c4)n3)cc21. The summed E-state index contributed by atoms with van der Waals surface area (Å²) < 4.78 is 0. The summed E-state index contributed by atoms with van der Waals surface area (Å²) in [4.78, 5) is 10.7. The average Bonchev–Trinajstić information content (AvgIpc) is 3.72. The van der Waals surface area contributed by atoms with E-state index in [0.29, 0.717) is 0 Å². The fraction of sp³-hybridized carbons (Fsp3) is 0.0769. The number of benzene rings is 8. The van der Waals surface area contributed by atoms with Crippen molar-refractivity contribution in [3.63, 3.8) is 0 Å². The molecule has 254 valence electrons. The Morgan fingerprint density at radius 3 is 1.94 bits per heavy atom. The van der Waals surface area contributed by atoms with Gasteiger partial charge in [0.2, 0.25) is 0 Å². The van der Waals surface area contributed by atoms with Crippen LogP contribution in [0.25, 0.3) is 88.8 Å². The van der Waals surface area contributed by atoms with Gasteiger partial charge in [0.05, 0.1) is 11.4 Å². The third kappa shape index (κ3) is 4.73. The van der Waals surface area contributed by atoms with Gasteiger partial charge < -0.3 is 0 Å². The van der Waals surface area contributed by atoms with Crippen molar-refractivity contribution in [3.05, 3.63) is 192 Å². The highest BCUT2D eigenvalue weighted by Gasteiger charge is 2.35. The summed E-state index contributed by atoms with van der Waals surface area (Å²) in [5.41, 5.74) is 18.1. The predicted octanol–water partition coefficient (Wildman–Crippen LogP) is 13.3. The fourth-order valence-electron chi connectivity index (χ4n) is 9.16. The van der Waals surface area contributed by atoms with Gasteiger partial charge >= 0.3 is 0 Å². The molecule has 0 saturated carbocycles. The van der Waals surface area contributed by atoms with Crippen LogP contribution >= 0.6 is 0 Å². The summed E-state index contributed by atoms with van der Waals surface area (Å²) in [5, 5.41) is 4.99. The van der Waals surface area contributed by atoms with Crippen LogP contribution in [-0.4, -0.2) is 9.97 Å². The van der Waals surface area contributed by atoms with E-state index in [1.165, 1.54) is 77.2 Å². The van der Waals surface area contributed by atoms with Crippen molar-refractivity contribution in [2.75, 3.05) is 0 Å². The second-order valence-electron chi connectivity index (χ2n) is 15.4. The quantitative estimate of drug-likeness (QED) is 0.184. The highest BCUT2D eigenvalue weighted by atomic mass is 14.9. The minimum Gasteiger partial charge on any atom is -0.228 e. The maximum Gasteiger partial charge on any atom is 0.160 e. The van der Waals surface area contributed by atoms with E-state index >= 15 is 0 Å². The molecule has 54 heavy (non-hydrogen) atoms. The predicted molar refractivity (Wildman–Crippen MR) is 225 cm³/mol. The van der Waals surface area contributed by atoms with Crippen molar-refractivity contribution in [2.45, 2.75) is 25.7 Å². The number of hydrogen-bond acceptors (Lipinski definition) is 2. The molecule has 11 rings (SSSR count). The third-order valence-electron chi connectivity index (χ3n) is 11.9. The molecule has 2 aliphatic rings. The summed E-state index contributed by atoms with van der Waals surface area (Å²) >= 11 is 0. The number of nitrogens with zero attached hydrogens (tertiary/aromatic N) is 2. The number of rotatable bonds is 4. The minimum absolute atomic E-state index is 0.116. The second kappa shape index (κ2) is 11.7. The van der Waals surface area contributed by atoms with Gasteiger partial charge in [0.1, 0.15) is 0 Å². The molecule has 2 nitrogen and oxygen atoms in total. The molecule has 0 fully saturated rings. The van der Waals surface area contributed by atoms with E-state index in [2.05, 4.69) is 184 Å². The van der Waals surface area contributed by atoms with E-state index in [0.717, 1.165) is 40.3 Å². The Hall–Kier alpha value is -6.64. The number of hydrogen-bond donors (Lipinski definition) is 0. The zero-order valence-electron chi connectivity index (χ0n) is 30.3. The topological polar surface area (TPSA) is 25.8 Å². The standard InChI is InChI=1S/C52H36N2/c1-52(2)46-21-10-9-19-42(46)43-25-24-38(30-47(43)52)51-53-48(31-49(54-51)37-23-22-32-12-3-4-13-33(32)26-37)36-16-11-15-35(27-36)45-29-39-28-34-14-5-6-17-40(34)50(39)44-20-8-7-18-41(44)45/h3-27,29-31H,28H2,1-2H3. The largest absolute Gasteiger partial charge is 0.228 e. The van der Waals surface area contributed by atoms with Crippen molar-refractivity contribution in [1.82, 2.24) is 9.97 Å². The van der Waals surface area contributed by atoms with E-state index in [4.69, 9.17) is 9.97 Å². The Labute approximate surface area is 315 Å². The lowest BCUT2D eigenvalue weighted by atomic mass is 9.82. The van der Waals surface area contributed by atoms with Gasteiger partial charge in [0.15, 0.2) is 5.82 Å². The Kier molecular flexibility index (Phi) is 6.69. The summed E-state index contributed by atoms with van der Waals surface area (Å²) in [7, 11) is 0. The van der Waals surface area contributed by atoms with Crippen molar-refractivity contribution in [3.8, 4) is 67.3 Å². The molecule has 0 amide bonds. The molecule has 0 radical (unpaired) electrons. The normalized spacial score (nSPS) is 13.4. The van der Waals surface area contributed by atoms with E-state index in [1.807, 2.05) is 0 Å². The van der Waals surface area contributed by atoms with E-state index in [-0.39, 0.29) is 5.41 Å². The molecular weight excluding hydrogens is 653 g/mol. The average molecular weight is 689 g/mol. The highest BCUT2D eigenvalue weighted by molar-refractivity contribution is 6.08. The Bertz CT molecular complexity index is 3000. The molecule has 1 heterocycles. The molecule has 8 aromatic carbocycles. The van der Waals surface area contributed by atoms with Gasteiger partial charge in [-0.15, -0.1) is 0 Å². The van der Waals surface area contributed by atoms with E-state index in [1.54, 1.807) is 0 Å². The lowest BCUT2D eigenvalue weighted by Gasteiger charge is -2.22. The molecule has 0 unspecified atom stereocenters. The van der Waals surface area contributed by atoms with Gasteiger partial charge in [-0.2, -0.15) is 0 Å². The van der Waals surface area contributed by atoms with Crippen LogP contribution in [0.15, 0.2) is 170 Å². The van der Waals surface area contributed by atoms with Crippen molar-refractivity contribution in [1.29, 1.82) is 0 Å². The Morgan fingerprint density at radius 1 is 0.407 bits per heavy atom. The van der Waals surface area contributed by atoms with Crippen LogP contribution in [0.5, 0.6) is 0 Å². The molecule has 2 heteroatoms. The van der Waals surface area contributed by atoms with Gasteiger partial charge in [0.25, 0.3) is 0 Å². The highest BCUT2D eigenvalue weighted by Crippen LogP contribution is 2.50. The van der Waals surface area contributed by atoms with E-state index in [9.17, 15) is 0 Å². The monoisotopic (exact) mass is 688 g/mol. The summed E-state index contributed by atoms with van der Waals surface area (Å²) in [6, 6.07) is 62.0. The molecule has 0 spiro atoms. The first-order valence-electron chi connectivity index (χ1n) is 18.9. The summed E-state index contributed by atoms with van der Waals surface area (Å²) in [6.45, 7) is 4.65. The van der Waals surface area contributed by atoms with Crippen molar-refractivity contribution in [2.24, 2.45) is 0 Å². The van der Waals surface area contributed by atoms with Gasteiger partial charge in [-0.05, 0) is 114 Å². The first kappa shape index (κ1) is 30.9. The van der Waals surface area contributed by atoms with Crippen LogP contribution in [0, 0.1) is 0 Å². The van der Waals surface area contributed by atoms with Crippen molar-refractivity contribution >= 4 is 21.5 Å². The lowest BCUT2D eigenvalue weighted by molar-refractivity contribution is 0.660. The zero-order chi connectivity index (χ0) is 36.0. The molecule has 9 aromatic rings. The molecule has 0 aliphatic heterocycles. The molecular formula is C52H36N2. The maximum atomic E-state index is 5.36. The number of aromatic nitrogens is 2. The van der Waals surface area contributed by atoms with Crippen LogP contribution in [0.3, 0.4) is 0 Å². The number of fused-ring (bicyclic) bond motifs is 9. The minimum atomic E-state index is -0.116. The van der Waals surface area contributed by atoms with Gasteiger partial charge in [0, 0.05) is 22.1 Å².